The summed E-state index contributed by atoms with van der Waals surface area (Å²) in [5.74, 6) is 0.852. The highest BCUT2D eigenvalue weighted by molar-refractivity contribution is 7.13. The van der Waals surface area contributed by atoms with Crippen molar-refractivity contribution in [1.29, 1.82) is 0 Å². The molecule has 3 atom stereocenters. The summed E-state index contributed by atoms with van der Waals surface area (Å²) < 4.78 is 11.2. The first-order valence-electron chi connectivity index (χ1n) is 10.4. The molecule has 1 fully saturated rings. The Morgan fingerprint density at radius 2 is 2.17 bits per heavy atom. The fourth-order valence-corrected chi connectivity index (χ4v) is 4.65. The van der Waals surface area contributed by atoms with Crippen LogP contribution in [-0.4, -0.2) is 49.8 Å². The van der Waals surface area contributed by atoms with Crippen molar-refractivity contribution in [2.24, 2.45) is 16.3 Å². The van der Waals surface area contributed by atoms with E-state index in [0.717, 1.165) is 37.0 Å². The van der Waals surface area contributed by atoms with Gasteiger partial charge in [-0.05, 0) is 39.0 Å². The van der Waals surface area contributed by atoms with E-state index in [1.807, 2.05) is 13.8 Å². The zero-order valence-corrected chi connectivity index (χ0v) is 19.6. The molecule has 0 aromatic carbocycles. The number of rotatable bonds is 6. The van der Waals surface area contributed by atoms with E-state index >= 15 is 0 Å². The fraction of sp³-hybridized carbons (Fsp3) is 0.762. The number of aliphatic imine (C=N–C) groups is 1. The lowest BCUT2D eigenvalue weighted by atomic mass is 9.78. The Bertz CT molecular complexity index is 711. The third-order valence-corrected chi connectivity index (χ3v) is 6.37. The average Bonchev–Trinajstić information content (AvgIpc) is 3.06. The summed E-state index contributed by atoms with van der Waals surface area (Å²) in [4.78, 5) is 21.5. The summed E-state index contributed by atoms with van der Waals surface area (Å²) in [6.07, 6.45) is 2.47. The molecule has 2 N–H and O–H groups in total. The van der Waals surface area contributed by atoms with Crippen LogP contribution in [0.5, 0.6) is 0 Å². The van der Waals surface area contributed by atoms with E-state index in [0.29, 0.717) is 23.1 Å². The third kappa shape index (κ3) is 6.40. The van der Waals surface area contributed by atoms with Gasteiger partial charge in [-0.2, -0.15) is 0 Å². The molecule has 3 unspecified atom stereocenters. The lowest BCUT2D eigenvalue weighted by Crippen LogP contribution is -2.47. The maximum absolute atomic E-state index is 12.0. The molecule has 1 aliphatic rings. The number of hydrogen-bond donors (Lipinski definition) is 2. The van der Waals surface area contributed by atoms with Crippen molar-refractivity contribution in [2.75, 3.05) is 26.8 Å². The summed E-state index contributed by atoms with van der Waals surface area (Å²) >= 11 is 1.37. The highest BCUT2D eigenvalue weighted by Gasteiger charge is 2.35. The Morgan fingerprint density at radius 3 is 2.79 bits per heavy atom. The normalized spacial score (nSPS) is 21.6. The van der Waals surface area contributed by atoms with Crippen LogP contribution in [0.1, 0.15) is 73.9 Å². The number of carbonyl (C=O) groups is 1. The molecule has 164 valence electrons. The Balaban J connectivity index is 1.97. The molecule has 0 amide bonds. The summed E-state index contributed by atoms with van der Waals surface area (Å²) in [7, 11) is 1.76. The van der Waals surface area contributed by atoms with Crippen molar-refractivity contribution in [3.63, 3.8) is 0 Å². The van der Waals surface area contributed by atoms with Gasteiger partial charge in [-0.1, -0.05) is 20.8 Å². The molecule has 0 radical (unpaired) electrons. The molecule has 1 aromatic rings. The maximum atomic E-state index is 12.0. The number of aryl methyl sites for hydroxylation is 1. The summed E-state index contributed by atoms with van der Waals surface area (Å²) in [5.41, 5.74) is 0.811. The molecule has 1 aliphatic heterocycles. The molecule has 1 aromatic heterocycles. The van der Waals surface area contributed by atoms with Gasteiger partial charge in [0.05, 0.1) is 24.4 Å². The Hall–Kier alpha value is -1.67. The molecule has 7 nitrogen and oxygen atoms in total. The Morgan fingerprint density at radius 1 is 1.45 bits per heavy atom. The van der Waals surface area contributed by atoms with Crippen LogP contribution in [0.3, 0.4) is 0 Å². The van der Waals surface area contributed by atoms with Crippen LogP contribution in [0.25, 0.3) is 0 Å². The van der Waals surface area contributed by atoms with E-state index in [-0.39, 0.29) is 23.5 Å². The van der Waals surface area contributed by atoms with Crippen LogP contribution >= 0.6 is 11.3 Å². The summed E-state index contributed by atoms with van der Waals surface area (Å²) in [6, 6.07) is -0.0749. The number of nitrogens with one attached hydrogen (secondary N) is 2. The number of carbonyl (C=O) groups excluding carboxylic acids is 1. The number of esters is 1. The second-order valence-electron chi connectivity index (χ2n) is 8.57. The molecule has 29 heavy (non-hydrogen) atoms. The lowest BCUT2D eigenvalue weighted by molar-refractivity contribution is -0.0835. The molecule has 0 aliphatic carbocycles. The van der Waals surface area contributed by atoms with Crippen LogP contribution in [0.15, 0.2) is 4.99 Å². The van der Waals surface area contributed by atoms with Crippen molar-refractivity contribution in [3.8, 4) is 0 Å². The summed E-state index contributed by atoms with van der Waals surface area (Å²) in [5, 5.41) is 7.67. The van der Waals surface area contributed by atoms with Gasteiger partial charge < -0.3 is 20.1 Å². The first kappa shape index (κ1) is 23.6. The maximum Gasteiger partial charge on any atom is 0.350 e. The molecule has 1 saturated heterocycles. The molecular weight excluding hydrogens is 388 g/mol. The lowest BCUT2D eigenvalue weighted by Gasteiger charge is -2.40. The van der Waals surface area contributed by atoms with E-state index in [1.165, 1.54) is 11.3 Å². The zero-order valence-electron chi connectivity index (χ0n) is 18.8. The predicted octanol–water partition coefficient (Wildman–Crippen LogP) is 3.70. The van der Waals surface area contributed by atoms with Crippen LogP contribution < -0.4 is 10.6 Å². The van der Waals surface area contributed by atoms with E-state index in [1.54, 1.807) is 14.0 Å². The number of nitrogens with zero attached hydrogens (tertiary/aromatic N) is 2. The minimum Gasteiger partial charge on any atom is -0.462 e. The van der Waals surface area contributed by atoms with Crippen molar-refractivity contribution < 1.29 is 14.3 Å². The largest absolute Gasteiger partial charge is 0.462 e. The van der Waals surface area contributed by atoms with Crippen molar-refractivity contribution >= 4 is 23.3 Å². The Labute approximate surface area is 178 Å². The van der Waals surface area contributed by atoms with Crippen molar-refractivity contribution in [1.82, 2.24) is 15.6 Å². The van der Waals surface area contributed by atoms with E-state index in [2.05, 4.69) is 41.4 Å². The second kappa shape index (κ2) is 10.4. The van der Waals surface area contributed by atoms with Gasteiger partial charge in [0.15, 0.2) is 5.96 Å². The smallest absolute Gasteiger partial charge is 0.350 e. The van der Waals surface area contributed by atoms with Gasteiger partial charge in [-0.3, -0.25) is 4.99 Å². The van der Waals surface area contributed by atoms with Gasteiger partial charge >= 0.3 is 5.97 Å². The molecule has 8 heteroatoms. The minimum atomic E-state index is -0.311. The van der Waals surface area contributed by atoms with Gasteiger partial charge in [0.1, 0.15) is 9.88 Å². The monoisotopic (exact) mass is 424 g/mol. The minimum absolute atomic E-state index is 0.0749. The number of hydrogen-bond acceptors (Lipinski definition) is 6. The molecule has 0 bridgehead atoms. The number of ether oxygens (including phenoxy) is 2. The highest BCUT2D eigenvalue weighted by Crippen LogP contribution is 2.33. The van der Waals surface area contributed by atoms with Gasteiger partial charge in [0.2, 0.25) is 0 Å². The fourth-order valence-electron chi connectivity index (χ4n) is 3.69. The molecule has 2 rings (SSSR count). The van der Waals surface area contributed by atoms with Crippen molar-refractivity contribution in [3.05, 3.63) is 15.6 Å². The summed E-state index contributed by atoms with van der Waals surface area (Å²) in [6.45, 7) is 14.4. The first-order valence-corrected chi connectivity index (χ1v) is 11.2. The standard InChI is InChI=1S/C21H36N4O3S/c1-8-27-19(26)16-13(2)24-18(29-16)14(3)25-20(22-7)23-12-15-10-9-11-28-17(15)21(4,5)6/h14-15,17H,8-12H2,1-7H3,(H2,22,23,25). The van der Waals surface area contributed by atoms with Gasteiger partial charge in [-0.15, -0.1) is 11.3 Å². The van der Waals surface area contributed by atoms with Crippen LogP contribution in [0.4, 0.5) is 0 Å². The van der Waals surface area contributed by atoms with Gasteiger partial charge in [0, 0.05) is 26.1 Å². The van der Waals surface area contributed by atoms with Crippen LogP contribution in [0.2, 0.25) is 0 Å². The predicted molar refractivity (Wildman–Crippen MR) is 118 cm³/mol. The third-order valence-electron chi connectivity index (χ3n) is 5.05. The van der Waals surface area contributed by atoms with E-state index in [4.69, 9.17) is 9.47 Å². The number of guanidine groups is 1. The van der Waals surface area contributed by atoms with Crippen molar-refractivity contribution in [2.45, 2.75) is 66.5 Å². The highest BCUT2D eigenvalue weighted by atomic mass is 32.1. The molecule has 0 saturated carbocycles. The number of thiazole rings is 1. The van der Waals surface area contributed by atoms with E-state index < -0.39 is 0 Å². The van der Waals surface area contributed by atoms with Gasteiger partial charge in [0.25, 0.3) is 0 Å². The molecular formula is C21H36N4O3S. The topological polar surface area (TPSA) is 84.8 Å². The van der Waals surface area contributed by atoms with Gasteiger partial charge in [-0.25, -0.2) is 9.78 Å². The SMILES string of the molecule is CCOC(=O)c1sc(C(C)NC(=NC)NCC2CCCOC2C(C)(C)C)nc1C. The van der Waals surface area contributed by atoms with Crippen LogP contribution in [-0.2, 0) is 9.47 Å². The molecule has 2 heterocycles. The first-order chi connectivity index (χ1) is 13.7. The van der Waals surface area contributed by atoms with Crippen LogP contribution in [0, 0.1) is 18.3 Å². The number of aromatic nitrogens is 1. The second-order valence-corrected chi connectivity index (χ2v) is 9.60. The quantitative estimate of drug-likeness (QED) is 0.412. The zero-order chi connectivity index (χ0) is 21.6. The molecule has 0 spiro atoms. The van der Waals surface area contributed by atoms with E-state index in [9.17, 15) is 4.79 Å². The Kier molecular flexibility index (Phi) is 8.46. The average molecular weight is 425 g/mol.